The van der Waals surface area contributed by atoms with Crippen LogP contribution < -0.4 is 0 Å². The van der Waals surface area contributed by atoms with Crippen LogP contribution in [0.15, 0.2) is 48.6 Å². The maximum Gasteiger partial charge on any atom is 0.306 e. The van der Waals surface area contributed by atoms with E-state index in [-0.39, 0.29) is 31.1 Å². The van der Waals surface area contributed by atoms with Crippen LogP contribution in [0, 0.1) is 0 Å². The SMILES string of the molecule is CCCCCCC/C=C\C/C=C\CCCCCCCCCCCCCC(=O)OC(COC(=O)CCCCCCCCC/C=C\CCCCCCCC)COC(=O)CCCCCCCCCCCCCCC/C=C\CCCCCCCCCC. The van der Waals surface area contributed by atoms with Gasteiger partial charge in [0.05, 0.1) is 0 Å². The first kappa shape index (κ1) is 80.4. The van der Waals surface area contributed by atoms with Gasteiger partial charge in [0.15, 0.2) is 6.10 Å². The lowest BCUT2D eigenvalue weighted by atomic mass is 10.0. The highest BCUT2D eigenvalue weighted by molar-refractivity contribution is 5.71. The fourth-order valence-corrected chi connectivity index (χ4v) is 11.2. The Morgan fingerprint density at radius 1 is 0.241 bits per heavy atom. The van der Waals surface area contributed by atoms with E-state index in [1.165, 1.54) is 302 Å². The number of esters is 3. The molecule has 0 aliphatic rings. The molecule has 0 aromatic rings. The van der Waals surface area contributed by atoms with Crippen molar-refractivity contribution in [3.05, 3.63) is 48.6 Å². The van der Waals surface area contributed by atoms with E-state index in [9.17, 15) is 14.4 Å². The minimum absolute atomic E-state index is 0.0716. The van der Waals surface area contributed by atoms with Crippen molar-refractivity contribution in [1.82, 2.24) is 0 Å². The highest BCUT2D eigenvalue weighted by Crippen LogP contribution is 2.18. The first-order valence-corrected chi connectivity index (χ1v) is 37.1. The highest BCUT2D eigenvalue weighted by Gasteiger charge is 2.19. The maximum atomic E-state index is 13.0. The van der Waals surface area contributed by atoms with E-state index in [0.717, 1.165) is 64.2 Å². The van der Waals surface area contributed by atoms with Gasteiger partial charge in [-0.25, -0.2) is 0 Å². The lowest BCUT2D eigenvalue weighted by Gasteiger charge is -2.18. The van der Waals surface area contributed by atoms with Gasteiger partial charge in [0.25, 0.3) is 0 Å². The number of carbonyl (C=O) groups is 3. The molecule has 0 bridgehead atoms. The highest BCUT2D eigenvalue weighted by atomic mass is 16.6. The van der Waals surface area contributed by atoms with Crippen molar-refractivity contribution in [2.75, 3.05) is 13.2 Å². The number of allylic oxidation sites excluding steroid dienone is 8. The predicted molar refractivity (Wildman–Crippen MR) is 362 cm³/mol. The van der Waals surface area contributed by atoms with Gasteiger partial charge in [0.2, 0.25) is 0 Å². The molecule has 6 heteroatoms. The molecule has 1 atom stereocenters. The standard InChI is InChI=1S/C77H142O6/c1-4-7-10-13-16-19-22-25-28-31-33-35-37-38-40-41-43-46-49-52-55-58-61-64-67-70-76(79)82-73-74(72-81-75(78)69-66-63-60-57-54-51-48-45-30-27-24-21-18-15-12-9-6-3)83-77(80)71-68-65-62-59-56-53-50-47-44-42-39-36-34-32-29-26-23-20-17-14-11-8-5-2/h23,26-27,30-34,74H,4-22,24-25,28-29,35-73H2,1-3H3/b26-23-,30-27-,33-31-,34-32-. The summed E-state index contributed by atoms with van der Waals surface area (Å²) in [5.41, 5.74) is 0. The fraction of sp³-hybridized carbons (Fsp3) is 0.857. The molecule has 0 aliphatic heterocycles. The van der Waals surface area contributed by atoms with Gasteiger partial charge >= 0.3 is 17.9 Å². The Balaban J connectivity index is 4.30. The zero-order chi connectivity index (χ0) is 59.9. The van der Waals surface area contributed by atoms with Gasteiger partial charge in [-0.2, -0.15) is 0 Å². The quantitative estimate of drug-likeness (QED) is 0.0261. The average Bonchev–Trinajstić information content (AvgIpc) is 3.49. The molecule has 0 spiro atoms. The van der Waals surface area contributed by atoms with Crippen LogP contribution in [0.5, 0.6) is 0 Å². The summed E-state index contributed by atoms with van der Waals surface area (Å²) in [4.78, 5) is 38.5. The van der Waals surface area contributed by atoms with Crippen molar-refractivity contribution in [3.63, 3.8) is 0 Å². The first-order chi connectivity index (χ1) is 41.0. The van der Waals surface area contributed by atoms with Crippen LogP contribution in [-0.4, -0.2) is 37.2 Å². The minimum Gasteiger partial charge on any atom is -0.462 e. The van der Waals surface area contributed by atoms with E-state index in [0.29, 0.717) is 19.3 Å². The zero-order valence-electron chi connectivity index (χ0n) is 56.0. The summed E-state index contributed by atoms with van der Waals surface area (Å²) in [7, 11) is 0. The predicted octanol–water partition coefficient (Wildman–Crippen LogP) is 25.7. The van der Waals surface area contributed by atoms with Gasteiger partial charge < -0.3 is 14.2 Å². The molecule has 0 fully saturated rings. The fourth-order valence-electron chi connectivity index (χ4n) is 11.2. The van der Waals surface area contributed by atoms with Crippen molar-refractivity contribution in [1.29, 1.82) is 0 Å². The lowest BCUT2D eigenvalue weighted by molar-refractivity contribution is -0.167. The van der Waals surface area contributed by atoms with Crippen LogP contribution in [-0.2, 0) is 28.6 Å². The third kappa shape index (κ3) is 70.0. The molecule has 6 nitrogen and oxygen atoms in total. The summed E-state index contributed by atoms with van der Waals surface area (Å²) in [5, 5.41) is 0. The van der Waals surface area contributed by atoms with Crippen LogP contribution >= 0.6 is 0 Å². The lowest BCUT2D eigenvalue weighted by Crippen LogP contribution is -2.30. The van der Waals surface area contributed by atoms with Gasteiger partial charge in [-0.3, -0.25) is 14.4 Å². The molecular formula is C77H142O6. The third-order valence-electron chi connectivity index (χ3n) is 16.8. The summed E-state index contributed by atoms with van der Waals surface area (Å²) in [6, 6.07) is 0. The second kappa shape index (κ2) is 71.8. The van der Waals surface area contributed by atoms with Crippen LogP contribution in [0.4, 0.5) is 0 Å². The second-order valence-corrected chi connectivity index (χ2v) is 25.2. The van der Waals surface area contributed by atoms with Crippen molar-refractivity contribution in [3.8, 4) is 0 Å². The number of rotatable bonds is 69. The number of hydrogen-bond donors (Lipinski definition) is 0. The molecule has 0 N–H and O–H groups in total. The first-order valence-electron chi connectivity index (χ1n) is 37.1. The molecule has 83 heavy (non-hydrogen) atoms. The van der Waals surface area contributed by atoms with Gasteiger partial charge in [-0.15, -0.1) is 0 Å². The van der Waals surface area contributed by atoms with E-state index in [1.807, 2.05) is 0 Å². The van der Waals surface area contributed by atoms with Gasteiger partial charge in [0, 0.05) is 19.3 Å². The van der Waals surface area contributed by atoms with Crippen molar-refractivity contribution >= 4 is 17.9 Å². The van der Waals surface area contributed by atoms with Gasteiger partial charge in [-0.05, 0) is 103 Å². The van der Waals surface area contributed by atoms with E-state index in [2.05, 4.69) is 69.4 Å². The Bertz CT molecular complexity index is 1430. The minimum atomic E-state index is -0.777. The normalized spacial score (nSPS) is 12.3. The molecule has 0 radical (unpaired) electrons. The molecule has 0 saturated carbocycles. The summed E-state index contributed by atoms with van der Waals surface area (Å²) in [5.74, 6) is -0.850. The van der Waals surface area contributed by atoms with Crippen molar-refractivity contribution in [2.24, 2.45) is 0 Å². The van der Waals surface area contributed by atoms with Crippen molar-refractivity contribution < 1.29 is 28.6 Å². The number of unbranched alkanes of at least 4 members (excludes halogenated alkanes) is 50. The molecule has 0 aromatic carbocycles. The zero-order valence-corrected chi connectivity index (χ0v) is 56.0. The largest absolute Gasteiger partial charge is 0.462 e. The van der Waals surface area contributed by atoms with Crippen LogP contribution in [0.1, 0.15) is 406 Å². The van der Waals surface area contributed by atoms with E-state index >= 15 is 0 Å². The molecule has 0 amide bonds. The molecule has 0 heterocycles. The monoisotopic (exact) mass is 1160 g/mol. The van der Waals surface area contributed by atoms with Crippen LogP contribution in [0.25, 0.3) is 0 Å². The van der Waals surface area contributed by atoms with Crippen LogP contribution in [0.3, 0.4) is 0 Å². The molecular weight excluding hydrogens is 1020 g/mol. The number of ether oxygens (including phenoxy) is 3. The van der Waals surface area contributed by atoms with E-state index in [1.54, 1.807) is 0 Å². The van der Waals surface area contributed by atoms with Gasteiger partial charge in [0.1, 0.15) is 13.2 Å². The Kier molecular flexibility index (Phi) is 69.6. The van der Waals surface area contributed by atoms with Crippen LogP contribution in [0.2, 0.25) is 0 Å². The third-order valence-corrected chi connectivity index (χ3v) is 16.8. The number of carbonyl (C=O) groups excluding carboxylic acids is 3. The molecule has 0 aliphatic carbocycles. The Morgan fingerprint density at radius 2 is 0.434 bits per heavy atom. The van der Waals surface area contributed by atoms with Crippen molar-refractivity contribution in [2.45, 2.75) is 412 Å². The molecule has 486 valence electrons. The summed E-state index contributed by atoms with van der Waals surface area (Å²) >= 11 is 0. The molecule has 0 rings (SSSR count). The van der Waals surface area contributed by atoms with E-state index < -0.39 is 6.10 Å². The Hall–Kier alpha value is -2.63. The average molecular weight is 1160 g/mol. The van der Waals surface area contributed by atoms with E-state index in [4.69, 9.17) is 14.2 Å². The smallest absolute Gasteiger partial charge is 0.306 e. The topological polar surface area (TPSA) is 78.9 Å². The molecule has 0 saturated heterocycles. The number of hydrogen-bond acceptors (Lipinski definition) is 6. The Labute approximate surface area is 518 Å². The summed E-state index contributed by atoms with van der Waals surface area (Å²) < 4.78 is 17.0. The molecule has 0 aromatic heterocycles. The Morgan fingerprint density at radius 3 is 0.675 bits per heavy atom. The maximum absolute atomic E-state index is 13.0. The van der Waals surface area contributed by atoms with Gasteiger partial charge in [-0.1, -0.05) is 333 Å². The second-order valence-electron chi connectivity index (χ2n) is 25.2. The summed E-state index contributed by atoms with van der Waals surface area (Å²) in [6.07, 6.45) is 91.4. The summed E-state index contributed by atoms with van der Waals surface area (Å²) in [6.45, 7) is 6.69. The molecule has 1 unspecified atom stereocenters.